The highest BCUT2D eigenvalue weighted by Crippen LogP contribution is 2.26. The van der Waals surface area contributed by atoms with Crippen LogP contribution in [-0.4, -0.2) is 36.1 Å². The minimum Gasteiger partial charge on any atom is -0.496 e. The Morgan fingerprint density at radius 2 is 2.04 bits per heavy atom. The molecule has 1 aromatic carbocycles. The van der Waals surface area contributed by atoms with Gasteiger partial charge in [0.05, 0.1) is 24.4 Å². The molecule has 1 unspecified atom stereocenters. The van der Waals surface area contributed by atoms with E-state index in [0.717, 1.165) is 30.0 Å². The zero-order chi connectivity index (χ0) is 19.3. The Kier molecular flexibility index (Phi) is 6.80. The van der Waals surface area contributed by atoms with Gasteiger partial charge in [-0.25, -0.2) is 9.97 Å². The molecular formula is C19H25ClN4O2. The molecule has 0 radical (unpaired) electrons. The van der Waals surface area contributed by atoms with Crippen molar-refractivity contribution in [2.24, 2.45) is 0 Å². The third-order valence-electron chi connectivity index (χ3n) is 4.19. The number of ether oxygens (including phenoxy) is 1. The van der Waals surface area contributed by atoms with Gasteiger partial charge < -0.3 is 15.0 Å². The van der Waals surface area contributed by atoms with Crippen molar-refractivity contribution in [1.82, 2.24) is 15.3 Å². The van der Waals surface area contributed by atoms with Crippen LogP contribution in [0.25, 0.3) is 0 Å². The topological polar surface area (TPSA) is 67.4 Å². The molecule has 2 rings (SSSR count). The third kappa shape index (κ3) is 4.43. The molecule has 0 spiro atoms. The number of hydrogen-bond donors (Lipinski definition) is 1. The van der Waals surface area contributed by atoms with Gasteiger partial charge in [-0.3, -0.25) is 4.79 Å². The summed E-state index contributed by atoms with van der Waals surface area (Å²) >= 11 is 6.17. The number of carbonyl (C=O) groups is 1. The molecule has 0 saturated carbocycles. The number of nitrogens with one attached hydrogen (secondary N) is 1. The number of amides is 1. The number of benzene rings is 1. The van der Waals surface area contributed by atoms with E-state index in [4.69, 9.17) is 16.3 Å². The van der Waals surface area contributed by atoms with Crippen LogP contribution in [0.3, 0.4) is 0 Å². The van der Waals surface area contributed by atoms with Gasteiger partial charge in [0.15, 0.2) is 5.69 Å². The molecule has 2 aromatic rings. The first-order valence-electron chi connectivity index (χ1n) is 8.64. The maximum absolute atomic E-state index is 12.7. The average Bonchev–Trinajstić information content (AvgIpc) is 2.63. The number of carbonyl (C=O) groups excluding carboxylic acids is 1. The summed E-state index contributed by atoms with van der Waals surface area (Å²) in [5.74, 6) is 0.869. The maximum Gasteiger partial charge on any atom is 0.272 e. The van der Waals surface area contributed by atoms with Crippen LogP contribution in [-0.2, 0) is 0 Å². The standard InChI is InChI=1S/C19H25ClN4O2/c1-6-24(7-2)19-21-11-15(20)17(23-19)18(25)22-13(4)14-10-12(3)8-9-16(14)26-5/h8-11,13H,6-7H2,1-5H3,(H,22,25). The summed E-state index contributed by atoms with van der Waals surface area (Å²) in [5, 5.41) is 3.17. The smallest absolute Gasteiger partial charge is 0.272 e. The molecular weight excluding hydrogens is 352 g/mol. The van der Waals surface area contributed by atoms with E-state index in [1.54, 1.807) is 7.11 Å². The van der Waals surface area contributed by atoms with E-state index in [1.165, 1.54) is 6.20 Å². The van der Waals surface area contributed by atoms with Crippen LogP contribution >= 0.6 is 11.6 Å². The maximum atomic E-state index is 12.7. The van der Waals surface area contributed by atoms with Crippen LogP contribution in [0, 0.1) is 6.92 Å². The Morgan fingerprint density at radius 1 is 1.35 bits per heavy atom. The highest BCUT2D eigenvalue weighted by molar-refractivity contribution is 6.33. The summed E-state index contributed by atoms with van der Waals surface area (Å²) < 4.78 is 5.40. The minimum atomic E-state index is -0.345. The van der Waals surface area contributed by atoms with E-state index in [9.17, 15) is 4.79 Å². The van der Waals surface area contributed by atoms with Gasteiger partial charge in [-0.05, 0) is 33.8 Å². The Morgan fingerprint density at radius 3 is 2.65 bits per heavy atom. The molecule has 1 aromatic heterocycles. The minimum absolute atomic E-state index is 0.169. The number of rotatable bonds is 7. The first kappa shape index (κ1) is 20.0. The molecule has 0 aliphatic carbocycles. The molecule has 1 atom stereocenters. The lowest BCUT2D eigenvalue weighted by Gasteiger charge is -2.20. The van der Waals surface area contributed by atoms with Gasteiger partial charge in [0, 0.05) is 18.7 Å². The second kappa shape index (κ2) is 8.85. The van der Waals surface area contributed by atoms with Crippen molar-refractivity contribution in [2.45, 2.75) is 33.7 Å². The molecule has 1 amide bonds. The van der Waals surface area contributed by atoms with Gasteiger partial charge in [0.1, 0.15) is 5.75 Å². The van der Waals surface area contributed by atoms with E-state index in [2.05, 4.69) is 15.3 Å². The largest absolute Gasteiger partial charge is 0.496 e. The van der Waals surface area contributed by atoms with Crippen molar-refractivity contribution >= 4 is 23.5 Å². The van der Waals surface area contributed by atoms with E-state index >= 15 is 0 Å². The van der Waals surface area contributed by atoms with Crippen LogP contribution in [0.5, 0.6) is 5.75 Å². The van der Waals surface area contributed by atoms with Crippen molar-refractivity contribution in [3.63, 3.8) is 0 Å². The molecule has 1 N–H and O–H groups in total. The van der Waals surface area contributed by atoms with Crippen LogP contribution < -0.4 is 15.0 Å². The van der Waals surface area contributed by atoms with E-state index < -0.39 is 0 Å². The first-order valence-corrected chi connectivity index (χ1v) is 9.01. The Labute approximate surface area is 159 Å². The molecule has 0 fully saturated rings. The van der Waals surface area contributed by atoms with Crippen molar-refractivity contribution in [1.29, 1.82) is 0 Å². The zero-order valence-electron chi connectivity index (χ0n) is 15.8. The van der Waals surface area contributed by atoms with Crippen molar-refractivity contribution in [2.75, 3.05) is 25.1 Å². The summed E-state index contributed by atoms with van der Waals surface area (Å²) in [4.78, 5) is 23.3. The summed E-state index contributed by atoms with van der Waals surface area (Å²) in [6.07, 6.45) is 1.47. The molecule has 7 heteroatoms. The van der Waals surface area contributed by atoms with Crippen LogP contribution in [0.2, 0.25) is 5.02 Å². The average molecular weight is 377 g/mol. The molecule has 1 heterocycles. The fourth-order valence-corrected chi connectivity index (χ4v) is 2.89. The number of nitrogens with zero attached hydrogens (tertiary/aromatic N) is 3. The highest BCUT2D eigenvalue weighted by Gasteiger charge is 2.20. The van der Waals surface area contributed by atoms with Crippen LogP contribution in [0.4, 0.5) is 5.95 Å². The quantitative estimate of drug-likeness (QED) is 0.796. The fraction of sp³-hybridized carbons (Fsp3) is 0.421. The van der Waals surface area contributed by atoms with Gasteiger partial charge in [-0.1, -0.05) is 29.3 Å². The molecule has 140 valence electrons. The summed E-state index contributed by atoms with van der Waals surface area (Å²) in [6, 6.07) is 5.59. The lowest BCUT2D eigenvalue weighted by Crippen LogP contribution is -2.30. The number of aromatic nitrogens is 2. The van der Waals surface area contributed by atoms with Gasteiger partial charge >= 0.3 is 0 Å². The van der Waals surface area contributed by atoms with E-state index in [1.807, 2.05) is 50.8 Å². The predicted octanol–water partition coefficient (Wildman–Crippen LogP) is 3.78. The van der Waals surface area contributed by atoms with Crippen molar-refractivity contribution in [3.8, 4) is 5.75 Å². The van der Waals surface area contributed by atoms with Gasteiger partial charge in [0.2, 0.25) is 5.95 Å². The van der Waals surface area contributed by atoms with Crippen molar-refractivity contribution in [3.05, 3.63) is 46.2 Å². The summed E-state index contributed by atoms with van der Waals surface area (Å²) in [5.41, 5.74) is 2.16. The molecule has 26 heavy (non-hydrogen) atoms. The molecule has 6 nitrogen and oxygen atoms in total. The van der Waals surface area contributed by atoms with Crippen LogP contribution in [0.15, 0.2) is 24.4 Å². The zero-order valence-corrected chi connectivity index (χ0v) is 16.6. The summed E-state index contributed by atoms with van der Waals surface area (Å²) in [7, 11) is 1.61. The van der Waals surface area contributed by atoms with E-state index in [-0.39, 0.29) is 22.7 Å². The first-order chi connectivity index (χ1) is 12.4. The van der Waals surface area contributed by atoms with Crippen LogP contribution in [0.1, 0.15) is 48.4 Å². The molecule has 0 aliphatic rings. The third-order valence-corrected chi connectivity index (χ3v) is 4.47. The SMILES string of the molecule is CCN(CC)c1ncc(Cl)c(C(=O)NC(C)c2cc(C)ccc2OC)n1. The molecule has 0 bridgehead atoms. The van der Waals surface area contributed by atoms with Gasteiger partial charge in [0.25, 0.3) is 5.91 Å². The Hall–Kier alpha value is -2.34. The Balaban J connectivity index is 2.27. The van der Waals surface area contributed by atoms with Gasteiger partial charge in [-0.2, -0.15) is 0 Å². The van der Waals surface area contributed by atoms with Crippen molar-refractivity contribution < 1.29 is 9.53 Å². The second-order valence-corrected chi connectivity index (χ2v) is 6.39. The number of halogens is 1. The lowest BCUT2D eigenvalue weighted by molar-refractivity contribution is 0.0934. The Bertz CT molecular complexity index is 778. The monoisotopic (exact) mass is 376 g/mol. The molecule has 0 saturated heterocycles. The normalized spacial score (nSPS) is 11.8. The number of aryl methyl sites for hydroxylation is 1. The predicted molar refractivity (Wildman–Crippen MR) is 104 cm³/mol. The number of anilines is 1. The molecule has 0 aliphatic heterocycles. The van der Waals surface area contributed by atoms with Gasteiger partial charge in [-0.15, -0.1) is 0 Å². The highest BCUT2D eigenvalue weighted by atomic mass is 35.5. The second-order valence-electron chi connectivity index (χ2n) is 5.98. The lowest BCUT2D eigenvalue weighted by atomic mass is 10.0. The fourth-order valence-electron chi connectivity index (χ4n) is 2.71. The number of hydrogen-bond acceptors (Lipinski definition) is 5. The van der Waals surface area contributed by atoms with E-state index in [0.29, 0.717) is 5.95 Å². The number of methoxy groups -OCH3 is 1. The summed E-state index contributed by atoms with van der Waals surface area (Å²) in [6.45, 7) is 9.40.